The van der Waals surface area contributed by atoms with Crippen LogP contribution in [-0.4, -0.2) is 28.6 Å². The first-order valence-corrected chi connectivity index (χ1v) is 5.98. The molecule has 5 nitrogen and oxygen atoms in total. The zero-order valence-electron chi connectivity index (χ0n) is 10.3. The molecule has 1 fully saturated rings. The molecule has 2 aliphatic heterocycles. The lowest BCUT2D eigenvalue weighted by Crippen LogP contribution is -2.44. The lowest BCUT2D eigenvalue weighted by atomic mass is 10.1. The Morgan fingerprint density at radius 3 is 2.89 bits per heavy atom. The maximum absolute atomic E-state index is 13.1. The van der Waals surface area contributed by atoms with Crippen molar-refractivity contribution in [3.05, 3.63) is 29.6 Å². The molecule has 0 aromatic heterocycles. The molecule has 0 saturated carbocycles. The fourth-order valence-electron chi connectivity index (χ4n) is 2.44. The number of halogens is 1. The molecule has 1 saturated heterocycles. The molecule has 19 heavy (non-hydrogen) atoms. The highest BCUT2D eigenvalue weighted by Gasteiger charge is 2.37. The molecule has 1 aromatic rings. The quantitative estimate of drug-likeness (QED) is 0.770. The van der Waals surface area contributed by atoms with E-state index in [1.165, 1.54) is 12.1 Å². The molecule has 98 valence electrons. The molecule has 2 heterocycles. The van der Waals surface area contributed by atoms with Gasteiger partial charge in [-0.25, -0.2) is 9.38 Å². The van der Waals surface area contributed by atoms with Gasteiger partial charge in [0.05, 0.1) is 12.1 Å². The SMILES string of the molecule is CC1=Nc2cc(F)ccc2CN1C1CC(=O)NC1=O. The molecule has 0 aliphatic carbocycles. The Labute approximate surface area is 109 Å². The van der Waals surface area contributed by atoms with Crippen LogP contribution < -0.4 is 5.32 Å². The Balaban J connectivity index is 1.94. The van der Waals surface area contributed by atoms with Gasteiger partial charge in [0, 0.05) is 6.54 Å². The molecule has 0 radical (unpaired) electrons. The summed E-state index contributed by atoms with van der Waals surface area (Å²) >= 11 is 0. The zero-order chi connectivity index (χ0) is 13.6. The van der Waals surface area contributed by atoms with E-state index in [4.69, 9.17) is 0 Å². The number of nitrogens with zero attached hydrogens (tertiary/aromatic N) is 2. The van der Waals surface area contributed by atoms with Crippen molar-refractivity contribution in [3.63, 3.8) is 0 Å². The summed E-state index contributed by atoms with van der Waals surface area (Å²) in [5, 5.41) is 2.28. The van der Waals surface area contributed by atoms with Gasteiger partial charge < -0.3 is 4.90 Å². The normalized spacial score (nSPS) is 22.1. The van der Waals surface area contributed by atoms with Gasteiger partial charge in [0.1, 0.15) is 17.7 Å². The number of rotatable bonds is 1. The molecule has 1 unspecified atom stereocenters. The second-order valence-electron chi connectivity index (χ2n) is 4.69. The van der Waals surface area contributed by atoms with Crippen LogP contribution in [0.15, 0.2) is 23.2 Å². The van der Waals surface area contributed by atoms with E-state index >= 15 is 0 Å². The van der Waals surface area contributed by atoms with Crippen molar-refractivity contribution in [1.82, 2.24) is 10.2 Å². The van der Waals surface area contributed by atoms with E-state index in [1.54, 1.807) is 17.9 Å². The second kappa shape index (κ2) is 4.15. The zero-order valence-corrected chi connectivity index (χ0v) is 10.3. The van der Waals surface area contributed by atoms with Gasteiger partial charge >= 0.3 is 0 Å². The van der Waals surface area contributed by atoms with Crippen LogP contribution in [0, 0.1) is 5.82 Å². The Morgan fingerprint density at radius 1 is 1.42 bits per heavy atom. The molecule has 2 aliphatic rings. The minimum atomic E-state index is -0.519. The first kappa shape index (κ1) is 11.8. The van der Waals surface area contributed by atoms with Crippen LogP contribution in [0.1, 0.15) is 18.9 Å². The minimum Gasteiger partial charge on any atom is -0.343 e. The number of carbonyl (C=O) groups is 2. The average Bonchev–Trinajstić information content (AvgIpc) is 2.67. The number of nitrogens with one attached hydrogen (secondary N) is 1. The van der Waals surface area contributed by atoms with Crippen molar-refractivity contribution in [3.8, 4) is 0 Å². The lowest BCUT2D eigenvalue weighted by Gasteiger charge is -2.32. The number of fused-ring (bicyclic) bond motifs is 1. The van der Waals surface area contributed by atoms with Gasteiger partial charge in [-0.05, 0) is 24.6 Å². The van der Waals surface area contributed by atoms with Crippen molar-refractivity contribution >= 4 is 23.3 Å². The molecule has 1 N–H and O–H groups in total. The van der Waals surface area contributed by atoms with Gasteiger partial charge in [0.15, 0.2) is 0 Å². The lowest BCUT2D eigenvalue weighted by molar-refractivity contribution is -0.125. The van der Waals surface area contributed by atoms with E-state index in [1.807, 2.05) is 0 Å². The Morgan fingerprint density at radius 2 is 2.21 bits per heavy atom. The van der Waals surface area contributed by atoms with Crippen molar-refractivity contribution in [2.45, 2.75) is 25.9 Å². The van der Waals surface area contributed by atoms with Gasteiger partial charge in [-0.2, -0.15) is 0 Å². The number of hydrogen-bond acceptors (Lipinski definition) is 4. The van der Waals surface area contributed by atoms with E-state index in [0.717, 1.165) is 5.56 Å². The van der Waals surface area contributed by atoms with Crippen molar-refractivity contribution in [2.75, 3.05) is 0 Å². The topological polar surface area (TPSA) is 61.8 Å². The Kier molecular flexibility index (Phi) is 2.58. The monoisotopic (exact) mass is 261 g/mol. The van der Waals surface area contributed by atoms with Gasteiger partial charge in [0.25, 0.3) is 0 Å². The summed E-state index contributed by atoms with van der Waals surface area (Å²) < 4.78 is 13.1. The molecular weight excluding hydrogens is 249 g/mol. The maximum Gasteiger partial charge on any atom is 0.249 e. The van der Waals surface area contributed by atoms with E-state index in [0.29, 0.717) is 18.1 Å². The van der Waals surface area contributed by atoms with Crippen LogP contribution in [0.25, 0.3) is 0 Å². The summed E-state index contributed by atoms with van der Waals surface area (Å²) in [6.45, 7) is 2.21. The number of imide groups is 1. The molecule has 1 atom stereocenters. The largest absolute Gasteiger partial charge is 0.343 e. The van der Waals surface area contributed by atoms with Crippen molar-refractivity contribution in [2.24, 2.45) is 4.99 Å². The highest BCUT2D eigenvalue weighted by atomic mass is 19.1. The number of amidine groups is 1. The van der Waals surface area contributed by atoms with Crippen LogP contribution in [-0.2, 0) is 16.1 Å². The highest BCUT2D eigenvalue weighted by Crippen LogP contribution is 2.29. The van der Waals surface area contributed by atoms with Crippen LogP contribution in [0.4, 0.5) is 10.1 Å². The Hall–Kier alpha value is -2.24. The molecule has 0 spiro atoms. The summed E-state index contributed by atoms with van der Waals surface area (Å²) in [4.78, 5) is 29.0. The van der Waals surface area contributed by atoms with Crippen molar-refractivity contribution < 1.29 is 14.0 Å². The van der Waals surface area contributed by atoms with Gasteiger partial charge in [-0.3, -0.25) is 14.9 Å². The summed E-state index contributed by atoms with van der Waals surface area (Å²) in [5.74, 6) is -0.289. The molecule has 2 amide bonds. The third-order valence-corrected chi connectivity index (χ3v) is 3.41. The average molecular weight is 261 g/mol. The standard InChI is InChI=1S/C13H12FN3O2/c1-7-15-10-4-9(14)3-2-8(10)6-17(7)11-5-12(18)16-13(11)19/h2-4,11H,5-6H2,1H3,(H,16,18,19). The van der Waals surface area contributed by atoms with E-state index < -0.39 is 6.04 Å². The first-order chi connectivity index (χ1) is 9.04. The van der Waals surface area contributed by atoms with Gasteiger partial charge in [0.2, 0.25) is 11.8 Å². The van der Waals surface area contributed by atoms with Crippen LogP contribution in [0.3, 0.4) is 0 Å². The number of hydrogen-bond donors (Lipinski definition) is 1. The van der Waals surface area contributed by atoms with Crippen molar-refractivity contribution in [1.29, 1.82) is 0 Å². The minimum absolute atomic E-state index is 0.141. The van der Waals surface area contributed by atoms with Crippen LogP contribution in [0.2, 0.25) is 0 Å². The summed E-state index contributed by atoms with van der Waals surface area (Å²) in [6, 6.07) is 3.88. The first-order valence-electron chi connectivity index (χ1n) is 5.98. The number of carbonyl (C=O) groups excluding carboxylic acids is 2. The predicted molar refractivity (Wildman–Crippen MR) is 66.3 cm³/mol. The fraction of sp³-hybridized carbons (Fsp3) is 0.308. The van der Waals surface area contributed by atoms with Crippen LogP contribution >= 0.6 is 0 Å². The third kappa shape index (κ3) is 1.99. The number of aliphatic imine (C=N–C) groups is 1. The van der Waals surface area contributed by atoms with E-state index in [-0.39, 0.29) is 24.1 Å². The highest BCUT2D eigenvalue weighted by molar-refractivity contribution is 6.07. The molecule has 0 bridgehead atoms. The van der Waals surface area contributed by atoms with Crippen LogP contribution in [0.5, 0.6) is 0 Å². The molecule has 3 rings (SSSR count). The van der Waals surface area contributed by atoms with E-state index in [2.05, 4.69) is 10.3 Å². The summed E-state index contributed by atoms with van der Waals surface area (Å²) in [6.07, 6.45) is 0.141. The maximum atomic E-state index is 13.1. The fourth-order valence-corrected chi connectivity index (χ4v) is 2.44. The predicted octanol–water partition coefficient (Wildman–Crippen LogP) is 1.11. The molecule has 1 aromatic carbocycles. The molecular formula is C13H12FN3O2. The summed E-state index contributed by atoms with van der Waals surface area (Å²) in [7, 11) is 0. The van der Waals surface area contributed by atoms with Gasteiger partial charge in [-0.15, -0.1) is 0 Å². The second-order valence-corrected chi connectivity index (χ2v) is 4.69. The molecule has 6 heteroatoms. The van der Waals surface area contributed by atoms with E-state index in [9.17, 15) is 14.0 Å². The number of benzene rings is 1. The smallest absolute Gasteiger partial charge is 0.249 e. The summed E-state index contributed by atoms with van der Waals surface area (Å²) in [5.41, 5.74) is 1.43. The van der Waals surface area contributed by atoms with Gasteiger partial charge in [-0.1, -0.05) is 6.07 Å². The third-order valence-electron chi connectivity index (χ3n) is 3.41. The Bertz CT molecular complexity index is 612. The number of amides is 2.